The lowest BCUT2D eigenvalue weighted by Gasteiger charge is -2.07. The lowest BCUT2D eigenvalue weighted by molar-refractivity contribution is 0.572. The van der Waals surface area contributed by atoms with Gasteiger partial charge in [0.2, 0.25) is 5.89 Å². The fourth-order valence-electron chi connectivity index (χ4n) is 1.75. The number of aryl methyl sites for hydroxylation is 1. The van der Waals surface area contributed by atoms with Crippen molar-refractivity contribution in [3.05, 3.63) is 41.8 Å². The van der Waals surface area contributed by atoms with Gasteiger partial charge in [-0.2, -0.15) is 0 Å². The molecule has 0 saturated heterocycles. The number of rotatable bonds is 4. The highest BCUT2D eigenvalue weighted by atomic mass is 127. The van der Waals surface area contributed by atoms with Gasteiger partial charge in [0.05, 0.1) is 18.8 Å². The molecule has 116 valence electrons. The first-order chi connectivity index (χ1) is 10.2. The maximum absolute atomic E-state index is 5.49. The van der Waals surface area contributed by atoms with Crippen LogP contribution in [0.5, 0.6) is 0 Å². The van der Waals surface area contributed by atoms with Crippen LogP contribution in [0.1, 0.15) is 11.3 Å². The first kappa shape index (κ1) is 18.0. The summed E-state index contributed by atoms with van der Waals surface area (Å²) in [5.41, 5.74) is 2.96. The van der Waals surface area contributed by atoms with Crippen molar-refractivity contribution in [1.82, 2.24) is 15.6 Å². The number of aromatic nitrogens is 1. The van der Waals surface area contributed by atoms with Crippen molar-refractivity contribution >= 4 is 29.9 Å². The van der Waals surface area contributed by atoms with Crippen LogP contribution in [0.3, 0.4) is 0 Å². The summed E-state index contributed by atoms with van der Waals surface area (Å²) < 4.78 is 5.49. The van der Waals surface area contributed by atoms with Crippen LogP contribution in [0.4, 0.5) is 0 Å². The highest BCUT2D eigenvalue weighted by Crippen LogP contribution is 2.18. The Hall–Kier alpha value is -2.01. The lowest BCUT2D eigenvalue weighted by Crippen LogP contribution is -2.36. The molecule has 0 fully saturated rings. The molecule has 0 amide bonds. The molecule has 2 N–H and O–H groups in total. The molecule has 0 aliphatic rings. The lowest BCUT2D eigenvalue weighted by atomic mass is 10.1. The number of guanidine groups is 1. The summed E-state index contributed by atoms with van der Waals surface area (Å²) in [6.07, 6.45) is 6.83. The molecular weight excluding hydrogens is 391 g/mol. The largest absolute Gasteiger partial charge is 0.444 e. The van der Waals surface area contributed by atoms with Crippen LogP contribution < -0.4 is 10.6 Å². The summed E-state index contributed by atoms with van der Waals surface area (Å²) in [5.74, 6) is 3.74. The number of terminal acetylenes is 1. The standard InChI is InChI=1S/C16H18N4O.HI/c1-4-9-18-16(17-3)19-10-14-11-21-15(20-14)13-7-5-12(2)6-8-13;/h1,5-8,11H,9-10H2,2-3H3,(H2,17,18,19);1H. The minimum absolute atomic E-state index is 0. The average Bonchev–Trinajstić information content (AvgIpc) is 2.97. The Labute approximate surface area is 147 Å². The van der Waals surface area contributed by atoms with Gasteiger partial charge in [0.15, 0.2) is 5.96 Å². The fourth-order valence-corrected chi connectivity index (χ4v) is 1.75. The molecule has 0 spiro atoms. The highest BCUT2D eigenvalue weighted by molar-refractivity contribution is 14.0. The van der Waals surface area contributed by atoms with Gasteiger partial charge < -0.3 is 15.1 Å². The SMILES string of the molecule is C#CCNC(=NC)NCc1coc(-c2ccc(C)cc2)n1.I. The Balaban J connectivity index is 0.00000242. The van der Waals surface area contributed by atoms with E-state index < -0.39 is 0 Å². The van der Waals surface area contributed by atoms with Crippen LogP contribution in [-0.2, 0) is 6.54 Å². The number of hydrogen-bond donors (Lipinski definition) is 2. The second-order valence-electron chi connectivity index (χ2n) is 4.49. The third-order valence-corrected chi connectivity index (χ3v) is 2.87. The van der Waals surface area contributed by atoms with Gasteiger partial charge in [0.1, 0.15) is 6.26 Å². The third-order valence-electron chi connectivity index (χ3n) is 2.87. The molecular formula is C16H19IN4O. The van der Waals surface area contributed by atoms with E-state index in [4.69, 9.17) is 10.8 Å². The van der Waals surface area contributed by atoms with Gasteiger partial charge in [-0.1, -0.05) is 23.6 Å². The first-order valence-corrected chi connectivity index (χ1v) is 6.62. The summed E-state index contributed by atoms with van der Waals surface area (Å²) in [5, 5.41) is 6.09. The molecule has 1 aromatic heterocycles. The molecule has 0 aliphatic carbocycles. The average molecular weight is 410 g/mol. The predicted octanol–water partition coefficient (Wildman–Crippen LogP) is 2.57. The van der Waals surface area contributed by atoms with E-state index in [-0.39, 0.29) is 24.0 Å². The number of benzene rings is 1. The number of oxazole rings is 1. The summed E-state index contributed by atoms with van der Waals surface area (Å²) in [4.78, 5) is 8.50. The summed E-state index contributed by atoms with van der Waals surface area (Å²) >= 11 is 0. The molecule has 2 rings (SSSR count). The monoisotopic (exact) mass is 410 g/mol. The molecule has 5 nitrogen and oxygen atoms in total. The first-order valence-electron chi connectivity index (χ1n) is 6.62. The van der Waals surface area contributed by atoms with Gasteiger partial charge in [-0.05, 0) is 19.1 Å². The third kappa shape index (κ3) is 5.07. The topological polar surface area (TPSA) is 62.5 Å². The van der Waals surface area contributed by atoms with Gasteiger partial charge in [0.25, 0.3) is 0 Å². The minimum Gasteiger partial charge on any atom is -0.444 e. The minimum atomic E-state index is 0. The van der Waals surface area contributed by atoms with Crippen molar-refractivity contribution in [1.29, 1.82) is 0 Å². The van der Waals surface area contributed by atoms with E-state index in [0.717, 1.165) is 11.3 Å². The Morgan fingerprint density at radius 2 is 2.05 bits per heavy atom. The van der Waals surface area contributed by atoms with Gasteiger partial charge in [-0.3, -0.25) is 4.99 Å². The molecule has 0 unspecified atom stereocenters. The Bertz CT molecular complexity index is 656. The van der Waals surface area contributed by atoms with Crippen LogP contribution in [0.25, 0.3) is 11.5 Å². The van der Waals surface area contributed by atoms with E-state index in [2.05, 4.69) is 26.5 Å². The van der Waals surface area contributed by atoms with E-state index in [0.29, 0.717) is 24.9 Å². The molecule has 1 aromatic carbocycles. The molecule has 2 aromatic rings. The predicted molar refractivity (Wildman–Crippen MR) is 99.1 cm³/mol. The van der Waals surface area contributed by atoms with Gasteiger partial charge in [-0.25, -0.2) is 4.98 Å². The van der Waals surface area contributed by atoms with Crippen molar-refractivity contribution in [2.45, 2.75) is 13.5 Å². The van der Waals surface area contributed by atoms with Crippen molar-refractivity contribution < 1.29 is 4.42 Å². The van der Waals surface area contributed by atoms with E-state index in [1.165, 1.54) is 5.56 Å². The highest BCUT2D eigenvalue weighted by Gasteiger charge is 2.07. The van der Waals surface area contributed by atoms with E-state index >= 15 is 0 Å². The quantitative estimate of drug-likeness (QED) is 0.352. The smallest absolute Gasteiger partial charge is 0.226 e. The molecule has 1 heterocycles. The van der Waals surface area contributed by atoms with E-state index in [9.17, 15) is 0 Å². The zero-order valence-electron chi connectivity index (χ0n) is 12.6. The zero-order valence-corrected chi connectivity index (χ0v) is 14.9. The van der Waals surface area contributed by atoms with Crippen LogP contribution in [0.15, 0.2) is 39.9 Å². The number of nitrogens with one attached hydrogen (secondary N) is 2. The van der Waals surface area contributed by atoms with Crippen LogP contribution >= 0.6 is 24.0 Å². The molecule has 6 heteroatoms. The summed E-state index contributed by atoms with van der Waals surface area (Å²) in [6, 6.07) is 8.05. The molecule has 0 radical (unpaired) electrons. The van der Waals surface area contributed by atoms with Crippen LogP contribution in [0.2, 0.25) is 0 Å². The zero-order chi connectivity index (χ0) is 15.1. The van der Waals surface area contributed by atoms with Crippen LogP contribution in [-0.4, -0.2) is 24.5 Å². The molecule has 0 bridgehead atoms. The normalized spacial score (nSPS) is 10.5. The molecule has 22 heavy (non-hydrogen) atoms. The summed E-state index contributed by atoms with van der Waals surface area (Å²) in [6.45, 7) is 2.98. The fraction of sp³-hybridized carbons (Fsp3) is 0.250. The Kier molecular flexibility index (Phi) is 7.46. The number of nitrogens with zero attached hydrogens (tertiary/aromatic N) is 2. The van der Waals surface area contributed by atoms with Crippen molar-refractivity contribution in [3.8, 4) is 23.8 Å². The number of hydrogen-bond acceptors (Lipinski definition) is 3. The number of aliphatic imine (C=N–C) groups is 1. The second-order valence-corrected chi connectivity index (χ2v) is 4.49. The maximum atomic E-state index is 5.49. The Morgan fingerprint density at radius 3 is 2.68 bits per heavy atom. The molecule has 0 saturated carbocycles. The molecule has 0 atom stereocenters. The van der Waals surface area contributed by atoms with E-state index in [1.807, 2.05) is 31.2 Å². The van der Waals surface area contributed by atoms with Crippen molar-refractivity contribution in [2.24, 2.45) is 4.99 Å². The summed E-state index contributed by atoms with van der Waals surface area (Å²) in [7, 11) is 1.69. The molecule has 0 aliphatic heterocycles. The van der Waals surface area contributed by atoms with Gasteiger partial charge in [0, 0.05) is 12.6 Å². The number of halogens is 1. The van der Waals surface area contributed by atoms with Gasteiger partial charge >= 0.3 is 0 Å². The Morgan fingerprint density at radius 1 is 1.32 bits per heavy atom. The van der Waals surface area contributed by atoms with Crippen molar-refractivity contribution in [3.63, 3.8) is 0 Å². The van der Waals surface area contributed by atoms with E-state index in [1.54, 1.807) is 13.3 Å². The van der Waals surface area contributed by atoms with Crippen LogP contribution in [0, 0.1) is 19.3 Å². The van der Waals surface area contributed by atoms with Crippen molar-refractivity contribution in [2.75, 3.05) is 13.6 Å². The van der Waals surface area contributed by atoms with Gasteiger partial charge in [-0.15, -0.1) is 30.4 Å². The second kappa shape index (κ2) is 9.10. The maximum Gasteiger partial charge on any atom is 0.226 e.